The number of hydrogen-bond acceptors (Lipinski definition) is 16. The first-order chi connectivity index (χ1) is 20.4. The van der Waals surface area contributed by atoms with Crippen LogP contribution in [0.3, 0.4) is 0 Å². The van der Waals surface area contributed by atoms with E-state index in [1.54, 1.807) is 0 Å². The Morgan fingerprint density at radius 3 is 1.87 bits per heavy atom. The summed E-state index contributed by atoms with van der Waals surface area (Å²) in [6.45, 7) is 0.128. The van der Waals surface area contributed by atoms with Crippen molar-refractivity contribution in [1.82, 2.24) is 0 Å². The van der Waals surface area contributed by atoms with E-state index >= 15 is 0 Å². The number of hydrogen-bond donors (Lipinski definition) is 3. The maximum absolute atomic E-state index is 13.0. The van der Waals surface area contributed by atoms with Gasteiger partial charge in [-0.25, -0.2) is 12.6 Å². The summed E-state index contributed by atoms with van der Waals surface area (Å²) in [7, 11) is -9.51. The molecule has 1 amide bonds. The van der Waals surface area contributed by atoms with Gasteiger partial charge in [0.05, 0.1) is 46.5 Å². The normalized spacial score (nSPS) is 12.5. The predicted octanol–water partition coefficient (Wildman–Crippen LogP) is -1.82. The first kappa shape index (κ1) is 39.9. The Bertz CT molecular complexity index is 1760. The van der Waals surface area contributed by atoms with E-state index in [0.717, 1.165) is 52.5 Å². The second-order valence-corrected chi connectivity index (χ2v) is 12.4. The van der Waals surface area contributed by atoms with Crippen molar-refractivity contribution in [3.63, 3.8) is 0 Å². The number of methoxy groups -OCH3 is 4. The minimum Gasteiger partial charge on any atom is -0.495 e. The molecule has 2 aromatic rings. The van der Waals surface area contributed by atoms with Gasteiger partial charge in [0, 0.05) is 24.3 Å². The number of benzene rings is 2. The molecule has 0 aromatic heterocycles. The van der Waals surface area contributed by atoms with E-state index in [0.29, 0.717) is 0 Å². The molecule has 19 nitrogen and oxygen atoms in total. The van der Waals surface area contributed by atoms with Crippen molar-refractivity contribution in [1.29, 1.82) is 0 Å². The van der Waals surface area contributed by atoms with Crippen molar-refractivity contribution in [2.24, 2.45) is 10.2 Å². The monoisotopic (exact) mass is 708 g/mol. The number of nitrogens with zero attached hydrogens (tertiary/aromatic N) is 2. The molecule has 0 radical (unpaired) electrons. The van der Waals surface area contributed by atoms with E-state index < -0.39 is 71.4 Å². The summed E-state index contributed by atoms with van der Waals surface area (Å²) in [5, 5.41) is 9.98. The number of carbonyl (C=O) groups is 2. The Morgan fingerprint density at radius 2 is 1.38 bits per heavy atom. The minimum atomic E-state index is -4.94. The van der Waals surface area contributed by atoms with Crippen LogP contribution in [0.2, 0.25) is 0 Å². The van der Waals surface area contributed by atoms with Crippen LogP contribution in [0.4, 0.5) is 11.4 Å². The first-order valence-corrected chi connectivity index (χ1v) is 16.0. The number of sulfone groups is 1. The third-order valence-electron chi connectivity index (χ3n) is 5.24. The summed E-state index contributed by atoms with van der Waals surface area (Å²) < 4.78 is 116. The quantitative estimate of drug-likeness (QED) is 0.0750. The van der Waals surface area contributed by atoms with Crippen LogP contribution < -0.4 is 58.0 Å². The summed E-state index contributed by atoms with van der Waals surface area (Å²) >= 11 is 0. The molecule has 1 unspecified atom stereocenters. The zero-order valence-electron chi connectivity index (χ0n) is 24.5. The molecule has 0 bridgehead atoms. The van der Waals surface area contributed by atoms with Crippen LogP contribution in [0, 0.1) is 0 Å². The van der Waals surface area contributed by atoms with E-state index in [4.69, 9.17) is 28.1 Å². The molecular weight excluding hydrogens is 681 g/mol. The van der Waals surface area contributed by atoms with Crippen LogP contribution in [-0.4, -0.2) is 92.9 Å². The van der Waals surface area contributed by atoms with Crippen molar-refractivity contribution in [2.75, 3.05) is 46.1 Å². The van der Waals surface area contributed by atoms with Gasteiger partial charge in [0.1, 0.15) is 27.8 Å². The van der Waals surface area contributed by atoms with Crippen LogP contribution in [0.25, 0.3) is 0 Å². The van der Waals surface area contributed by atoms with E-state index in [1.807, 2.05) is 0 Å². The fraction of sp³-hybridized carbons (Fsp3) is 0.364. The average Bonchev–Trinajstić information content (AvgIpc) is 2.91. The van der Waals surface area contributed by atoms with Crippen LogP contribution in [-0.2, 0) is 44.4 Å². The maximum atomic E-state index is 13.0. The molecule has 45 heavy (non-hydrogen) atoms. The molecule has 0 aliphatic heterocycles. The minimum absolute atomic E-state index is 0. The Balaban J connectivity index is 0.0000101. The molecule has 0 aliphatic rings. The number of carbonyl (C=O) groups excluding carboxylic acids is 2. The zero-order chi connectivity index (χ0) is 33.5. The molecule has 0 saturated carbocycles. The molecule has 1 atom stereocenters. The maximum Gasteiger partial charge on any atom is 1.00 e. The summed E-state index contributed by atoms with van der Waals surface area (Å²) in [5.41, 5.74) is -0.298. The largest absolute Gasteiger partial charge is 1.00 e. The first-order valence-electron chi connectivity index (χ1n) is 11.6. The van der Waals surface area contributed by atoms with Gasteiger partial charge in [-0.3, -0.25) is 18.7 Å². The predicted molar refractivity (Wildman–Crippen MR) is 148 cm³/mol. The molecule has 2 aromatic carbocycles. The van der Waals surface area contributed by atoms with Crippen LogP contribution in [0.1, 0.15) is 6.92 Å². The Kier molecular flexibility index (Phi) is 14.6. The van der Waals surface area contributed by atoms with Gasteiger partial charge in [-0.15, -0.1) is 0 Å². The van der Waals surface area contributed by atoms with Crippen molar-refractivity contribution in [3.8, 4) is 28.7 Å². The number of Topliss-reactive ketones (excluding diaryl/α,β-unsaturated/α-hetero) is 1. The summed E-state index contributed by atoms with van der Waals surface area (Å²) in [4.78, 5) is 24.9. The van der Waals surface area contributed by atoms with Crippen molar-refractivity contribution in [2.45, 2.75) is 17.9 Å². The molecule has 0 aliphatic carbocycles. The molecule has 0 heterocycles. The summed E-state index contributed by atoms with van der Waals surface area (Å²) in [6, 6.07) is 2.33. The fourth-order valence-electron chi connectivity index (χ4n) is 3.32. The van der Waals surface area contributed by atoms with E-state index in [-0.39, 0.29) is 63.9 Å². The summed E-state index contributed by atoms with van der Waals surface area (Å²) in [5.74, 6) is -4.09. The second-order valence-electron chi connectivity index (χ2n) is 8.18. The number of anilines is 1. The summed E-state index contributed by atoms with van der Waals surface area (Å²) in [6.07, 6.45) is 0. The Labute approximate surface area is 280 Å². The third-order valence-corrected chi connectivity index (χ3v) is 7.79. The van der Waals surface area contributed by atoms with Crippen LogP contribution >= 0.6 is 0 Å². The van der Waals surface area contributed by atoms with Crippen LogP contribution in [0.5, 0.6) is 28.7 Å². The van der Waals surface area contributed by atoms with Crippen molar-refractivity contribution < 1.29 is 101 Å². The van der Waals surface area contributed by atoms with E-state index in [2.05, 4.69) is 23.9 Å². The van der Waals surface area contributed by atoms with Crippen molar-refractivity contribution in [3.05, 3.63) is 24.3 Å². The van der Waals surface area contributed by atoms with Gasteiger partial charge < -0.3 is 28.4 Å². The SMILES string of the molecule is COc1cc(S(=O)(=O)CCOS(=O)(=O)O)c(OC)cc1N=NC(C(C)=O)C(=O)Nc1cc(OC)c(OS(=O)(=O)O)cc1OC.[Na+]. The molecule has 0 fully saturated rings. The fourth-order valence-corrected chi connectivity index (χ4v) is 5.33. The van der Waals surface area contributed by atoms with Crippen LogP contribution in [0.15, 0.2) is 39.4 Å². The molecule has 0 spiro atoms. The molecule has 244 valence electrons. The van der Waals surface area contributed by atoms with E-state index in [1.165, 1.54) is 7.11 Å². The van der Waals surface area contributed by atoms with Crippen molar-refractivity contribution >= 4 is 53.7 Å². The van der Waals surface area contributed by atoms with Gasteiger partial charge in [0.15, 0.2) is 27.1 Å². The molecule has 2 rings (SSSR count). The van der Waals surface area contributed by atoms with Gasteiger partial charge >= 0.3 is 50.4 Å². The zero-order valence-corrected chi connectivity index (χ0v) is 29.0. The number of ether oxygens (including phenoxy) is 4. The molecule has 3 N–H and O–H groups in total. The Morgan fingerprint density at radius 1 is 0.800 bits per heavy atom. The van der Waals surface area contributed by atoms with Gasteiger partial charge in [0.25, 0.3) is 5.91 Å². The number of azo groups is 1. The molecule has 23 heteroatoms. The van der Waals surface area contributed by atoms with Gasteiger partial charge in [0.2, 0.25) is 6.04 Å². The van der Waals surface area contributed by atoms with Gasteiger partial charge in [-0.1, -0.05) is 0 Å². The Hall–Kier alpha value is -3.09. The molecular formula is C22H27N3NaO16S3+. The smallest absolute Gasteiger partial charge is 0.495 e. The number of amides is 1. The number of ketones is 1. The van der Waals surface area contributed by atoms with Gasteiger partial charge in [-0.2, -0.15) is 27.1 Å². The number of rotatable bonds is 16. The average molecular weight is 709 g/mol. The second kappa shape index (κ2) is 16.5. The topological polar surface area (TPSA) is 269 Å². The standard InChI is InChI=1S/C22H27N3O16S3.Na/c1-12(26)21(22(27)23-13-8-17(38-4)18(10-15(13)36-2)41-44(33,34)35)25-24-14-9-19(39-5)20(11-16(14)37-3)42(28,29)7-6-40-43(30,31)32;/h8-11,21H,6-7H2,1-5H3,(H,23,27)(H,30,31,32)(H,33,34,35);/q;+1. The number of nitrogens with one attached hydrogen (secondary N) is 1. The van der Waals surface area contributed by atoms with E-state index in [9.17, 15) is 34.8 Å². The molecule has 0 saturated heterocycles. The van der Waals surface area contributed by atoms with Gasteiger partial charge in [-0.05, 0) is 6.92 Å². The third kappa shape index (κ3) is 11.7.